The molecule has 1 aliphatic heterocycles. The van der Waals surface area contributed by atoms with Crippen molar-refractivity contribution in [3.8, 4) is 0 Å². The predicted octanol–water partition coefficient (Wildman–Crippen LogP) is 3.94. The molecule has 1 N–H and O–H groups in total. The fourth-order valence-electron chi connectivity index (χ4n) is 3.82. The zero-order chi connectivity index (χ0) is 14.7. The molecule has 1 heterocycles. The van der Waals surface area contributed by atoms with E-state index >= 15 is 0 Å². The van der Waals surface area contributed by atoms with E-state index in [0.717, 1.165) is 42.1 Å². The van der Waals surface area contributed by atoms with Gasteiger partial charge in [-0.2, -0.15) is 0 Å². The quantitative estimate of drug-likeness (QED) is 0.884. The van der Waals surface area contributed by atoms with E-state index in [1.54, 1.807) is 6.07 Å². The Hall–Kier alpha value is -0.450. The largest absolute Gasteiger partial charge is 0.314 e. The van der Waals surface area contributed by atoms with Crippen molar-refractivity contribution < 1.29 is 4.39 Å². The van der Waals surface area contributed by atoms with E-state index in [0.29, 0.717) is 6.04 Å². The Bertz CT molecular complexity index is 474. The summed E-state index contributed by atoms with van der Waals surface area (Å²) in [5, 5.41) is 3.53. The Balaban J connectivity index is 1.71. The highest BCUT2D eigenvalue weighted by atomic mass is 79.9. The molecule has 1 atom stereocenters. The Kier molecular flexibility index (Phi) is 5.30. The van der Waals surface area contributed by atoms with Gasteiger partial charge in [0.15, 0.2) is 0 Å². The van der Waals surface area contributed by atoms with Gasteiger partial charge >= 0.3 is 0 Å². The van der Waals surface area contributed by atoms with Crippen LogP contribution in [0.2, 0.25) is 0 Å². The van der Waals surface area contributed by atoms with Crippen molar-refractivity contribution in [3.05, 3.63) is 34.1 Å². The molecule has 0 amide bonds. The smallest absolute Gasteiger partial charge is 0.128 e. The first-order chi connectivity index (χ1) is 10.2. The van der Waals surface area contributed by atoms with E-state index in [1.165, 1.54) is 32.1 Å². The van der Waals surface area contributed by atoms with Crippen LogP contribution in [-0.2, 0) is 6.54 Å². The van der Waals surface area contributed by atoms with Gasteiger partial charge in [0.25, 0.3) is 0 Å². The van der Waals surface area contributed by atoms with E-state index in [9.17, 15) is 4.39 Å². The number of nitrogens with one attached hydrogen (secondary N) is 1. The maximum atomic E-state index is 14.1. The van der Waals surface area contributed by atoms with Crippen LogP contribution in [0, 0.1) is 11.7 Å². The lowest BCUT2D eigenvalue weighted by Crippen LogP contribution is -2.54. The zero-order valence-electron chi connectivity index (χ0n) is 12.5. The molecule has 0 radical (unpaired) electrons. The minimum atomic E-state index is -0.0923. The third-order valence-corrected chi connectivity index (χ3v) is 5.47. The standard InChI is InChI=1S/C17H24BrFN2/c18-15-7-6-14(16(19)10-15)12-21-9-8-20-11-17(21)13-4-2-1-3-5-13/h6-7,10,13,17,20H,1-5,8-9,11-12H2. The van der Waals surface area contributed by atoms with Crippen LogP contribution in [0.25, 0.3) is 0 Å². The number of hydrogen-bond donors (Lipinski definition) is 1. The van der Waals surface area contributed by atoms with Gasteiger partial charge in [-0.15, -0.1) is 0 Å². The van der Waals surface area contributed by atoms with Gasteiger partial charge < -0.3 is 5.32 Å². The van der Waals surface area contributed by atoms with Crippen LogP contribution in [0.1, 0.15) is 37.7 Å². The molecule has 116 valence electrons. The lowest BCUT2D eigenvalue weighted by molar-refractivity contribution is 0.0850. The molecule has 21 heavy (non-hydrogen) atoms. The molecule has 1 aromatic rings. The molecule has 1 unspecified atom stereocenters. The summed E-state index contributed by atoms with van der Waals surface area (Å²) in [5.41, 5.74) is 0.820. The molecule has 4 heteroatoms. The van der Waals surface area contributed by atoms with Crippen LogP contribution in [0.15, 0.2) is 22.7 Å². The highest BCUT2D eigenvalue weighted by Gasteiger charge is 2.30. The summed E-state index contributed by atoms with van der Waals surface area (Å²) in [4.78, 5) is 2.50. The first-order valence-electron chi connectivity index (χ1n) is 8.13. The number of benzene rings is 1. The van der Waals surface area contributed by atoms with Crippen molar-refractivity contribution in [3.63, 3.8) is 0 Å². The SMILES string of the molecule is Fc1cc(Br)ccc1CN1CCNCC1C1CCCCC1. The lowest BCUT2D eigenvalue weighted by atomic mass is 9.82. The van der Waals surface area contributed by atoms with Gasteiger partial charge in [0.1, 0.15) is 5.82 Å². The number of nitrogens with zero attached hydrogens (tertiary/aromatic N) is 1. The summed E-state index contributed by atoms with van der Waals surface area (Å²) in [7, 11) is 0. The van der Waals surface area contributed by atoms with Crippen LogP contribution < -0.4 is 5.32 Å². The van der Waals surface area contributed by atoms with Gasteiger partial charge in [0.05, 0.1) is 0 Å². The van der Waals surface area contributed by atoms with Crippen LogP contribution in [-0.4, -0.2) is 30.6 Å². The van der Waals surface area contributed by atoms with Gasteiger partial charge in [-0.25, -0.2) is 4.39 Å². The number of halogens is 2. The molecule has 1 aliphatic carbocycles. The van der Waals surface area contributed by atoms with Crippen LogP contribution in [0.4, 0.5) is 4.39 Å². The monoisotopic (exact) mass is 354 g/mol. The Labute approximate surface area is 135 Å². The first-order valence-corrected chi connectivity index (χ1v) is 8.92. The maximum absolute atomic E-state index is 14.1. The fraction of sp³-hybridized carbons (Fsp3) is 0.647. The zero-order valence-corrected chi connectivity index (χ0v) is 14.0. The number of hydrogen-bond acceptors (Lipinski definition) is 2. The molecule has 2 aliphatic rings. The highest BCUT2D eigenvalue weighted by Crippen LogP contribution is 2.30. The molecule has 0 bridgehead atoms. The molecule has 1 saturated carbocycles. The summed E-state index contributed by atoms with van der Waals surface area (Å²) in [6.07, 6.45) is 6.79. The molecule has 2 nitrogen and oxygen atoms in total. The van der Waals surface area contributed by atoms with Crippen molar-refractivity contribution >= 4 is 15.9 Å². The first kappa shape index (κ1) is 15.4. The minimum absolute atomic E-state index is 0.0923. The van der Waals surface area contributed by atoms with Gasteiger partial charge in [0.2, 0.25) is 0 Å². The third kappa shape index (κ3) is 3.85. The van der Waals surface area contributed by atoms with E-state index in [4.69, 9.17) is 0 Å². The van der Waals surface area contributed by atoms with Crippen molar-refractivity contribution in [2.45, 2.75) is 44.7 Å². The van der Waals surface area contributed by atoms with Gasteiger partial charge in [-0.05, 0) is 30.9 Å². The molecule has 1 saturated heterocycles. The molecular weight excluding hydrogens is 331 g/mol. The molecule has 2 fully saturated rings. The minimum Gasteiger partial charge on any atom is -0.314 e. The molecule has 1 aromatic carbocycles. The van der Waals surface area contributed by atoms with Crippen LogP contribution >= 0.6 is 15.9 Å². The van der Waals surface area contributed by atoms with E-state index in [-0.39, 0.29) is 5.82 Å². The summed E-state index contributed by atoms with van der Waals surface area (Å²) < 4.78 is 14.9. The van der Waals surface area contributed by atoms with Crippen molar-refractivity contribution in [2.75, 3.05) is 19.6 Å². The van der Waals surface area contributed by atoms with Gasteiger partial charge in [0, 0.05) is 42.3 Å². The van der Waals surface area contributed by atoms with Crippen LogP contribution in [0.3, 0.4) is 0 Å². The highest BCUT2D eigenvalue weighted by molar-refractivity contribution is 9.10. The molecule has 3 rings (SSSR count). The lowest BCUT2D eigenvalue weighted by Gasteiger charge is -2.42. The summed E-state index contributed by atoms with van der Waals surface area (Å²) in [6, 6.07) is 6.00. The second-order valence-corrected chi connectivity index (χ2v) is 7.29. The van der Waals surface area contributed by atoms with E-state index in [2.05, 4.69) is 26.1 Å². The summed E-state index contributed by atoms with van der Waals surface area (Å²) in [5.74, 6) is 0.690. The second kappa shape index (κ2) is 7.21. The normalized spacial score (nSPS) is 25.1. The molecule has 0 spiro atoms. The Morgan fingerprint density at radius 3 is 2.81 bits per heavy atom. The maximum Gasteiger partial charge on any atom is 0.128 e. The molecular formula is C17H24BrFN2. The Morgan fingerprint density at radius 1 is 1.24 bits per heavy atom. The van der Waals surface area contributed by atoms with Crippen molar-refractivity contribution in [2.24, 2.45) is 5.92 Å². The van der Waals surface area contributed by atoms with E-state index < -0.39 is 0 Å². The molecule has 0 aromatic heterocycles. The summed E-state index contributed by atoms with van der Waals surface area (Å²) in [6.45, 7) is 3.84. The average Bonchev–Trinajstić information content (AvgIpc) is 2.51. The van der Waals surface area contributed by atoms with Gasteiger partial charge in [-0.3, -0.25) is 4.90 Å². The topological polar surface area (TPSA) is 15.3 Å². The predicted molar refractivity (Wildman–Crippen MR) is 87.7 cm³/mol. The number of rotatable bonds is 3. The second-order valence-electron chi connectivity index (χ2n) is 6.38. The van der Waals surface area contributed by atoms with Crippen molar-refractivity contribution in [1.29, 1.82) is 0 Å². The Morgan fingerprint density at radius 2 is 2.05 bits per heavy atom. The van der Waals surface area contributed by atoms with Crippen LogP contribution in [0.5, 0.6) is 0 Å². The van der Waals surface area contributed by atoms with E-state index in [1.807, 2.05) is 12.1 Å². The fourth-order valence-corrected chi connectivity index (χ4v) is 4.15. The summed E-state index contributed by atoms with van der Waals surface area (Å²) >= 11 is 3.33. The third-order valence-electron chi connectivity index (χ3n) is 4.98. The number of piperazine rings is 1. The van der Waals surface area contributed by atoms with Crippen molar-refractivity contribution in [1.82, 2.24) is 10.2 Å². The van der Waals surface area contributed by atoms with Gasteiger partial charge in [-0.1, -0.05) is 41.3 Å². The average molecular weight is 355 g/mol.